The average Bonchev–Trinajstić information content (AvgIpc) is 2.79. The summed E-state index contributed by atoms with van der Waals surface area (Å²) < 4.78 is 28.0. The fourth-order valence-corrected chi connectivity index (χ4v) is 3.58. The summed E-state index contributed by atoms with van der Waals surface area (Å²) in [5.41, 5.74) is 1.58. The van der Waals surface area contributed by atoms with Gasteiger partial charge in [0, 0.05) is 11.3 Å². The van der Waals surface area contributed by atoms with E-state index in [0.29, 0.717) is 22.6 Å². The monoisotopic (exact) mass is 453 g/mol. The van der Waals surface area contributed by atoms with Crippen LogP contribution >= 0.6 is 0 Å². The Morgan fingerprint density at radius 3 is 2.28 bits per heavy atom. The molecule has 0 spiro atoms. The Balaban J connectivity index is 1.78. The molecule has 0 aliphatic heterocycles. The number of rotatable bonds is 8. The number of anilines is 1. The summed E-state index contributed by atoms with van der Waals surface area (Å²) in [4.78, 5) is 25.4. The molecule has 0 fully saturated rings. The van der Waals surface area contributed by atoms with Crippen LogP contribution in [-0.4, -0.2) is 27.3 Å². The van der Waals surface area contributed by atoms with Crippen LogP contribution in [0.4, 0.5) is 5.69 Å². The average molecular weight is 454 g/mol. The SMILES string of the molecule is COc1cccc(C(CC(=O)Nc2ccc(S(N)(=O)=O)cc2)NC(=O)c2ccccc2)c1. The van der Waals surface area contributed by atoms with Crippen LogP contribution in [0, 0.1) is 0 Å². The standard InChI is InChI=1S/C23H23N3O5S/c1-31-19-9-5-8-17(14-19)21(26-23(28)16-6-3-2-4-7-16)15-22(27)25-18-10-12-20(13-11-18)32(24,29)30/h2-14,21H,15H2,1H3,(H,25,27)(H,26,28)(H2,24,29,30). The number of benzene rings is 3. The molecule has 0 aliphatic carbocycles. The number of primary sulfonamides is 1. The number of hydrogen-bond acceptors (Lipinski definition) is 5. The molecule has 0 aromatic heterocycles. The van der Waals surface area contributed by atoms with E-state index >= 15 is 0 Å². The van der Waals surface area contributed by atoms with Gasteiger partial charge in [-0.3, -0.25) is 9.59 Å². The number of carbonyl (C=O) groups is 2. The van der Waals surface area contributed by atoms with Crippen LogP contribution < -0.4 is 20.5 Å². The van der Waals surface area contributed by atoms with Crippen LogP contribution in [0.25, 0.3) is 0 Å². The van der Waals surface area contributed by atoms with Gasteiger partial charge in [-0.25, -0.2) is 13.6 Å². The zero-order valence-corrected chi connectivity index (χ0v) is 18.1. The molecule has 0 aliphatic rings. The van der Waals surface area contributed by atoms with Crippen molar-refractivity contribution in [2.75, 3.05) is 12.4 Å². The van der Waals surface area contributed by atoms with Crippen molar-refractivity contribution in [2.24, 2.45) is 5.14 Å². The third-order valence-corrected chi connectivity index (χ3v) is 5.62. The highest BCUT2D eigenvalue weighted by atomic mass is 32.2. The first-order chi connectivity index (χ1) is 15.3. The van der Waals surface area contributed by atoms with Gasteiger partial charge in [-0.05, 0) is 54.1 Å². The summed E-state index contributed by atoms with van der Waals surface area (Å²) in [5, 5.41) is 10.7. The minimum absolute atomic E-state index is 0.0529. The topological polar surface area (TPSA) is 128 Å². The molecule has 1 atom stereocenters. The minimum atomic E-state index is -3.82. The summed E-state index contributed by atoms with van der Waals surface area (Å²) in [5.74, 6) is -0.0845. The van der Waals surface area contributed by atoms with E-state index in [1.807, 2.05) is 6.07 Å². The maximum absolute atomic E-state index is 12.7. The van der Waals surface area contributed by atoms with E-state index < -0.39 is 16.1 Å². The Labute approximate surface area is 186 Å². The zero-order chi connectivity index (χ0) is 23.1. The molecule has 0 heterocycles. The fourth-order valence-electron chi connectivity index (χ4n) is 3.07. The molecular weight excluding hydrogens is 430 g/mol. The third-order valence-electron chi connectivity index (χ3n) is 4.69. The van der Waals surface area contributed by atoms with Gasteiger partial charge >= 0.3 is 0 Å². The summed E-state index contributed by atoms with van der Waals surface area (Å²) in [7, 11) is -2.29. The largest absolute Gasteiger partial charge is 0.497 e. The number of carbonyl (C=O) groups excluding carboxylic acids is 2. The van der Waals surface area contributed by atoms with Crippen LogP contribution in [0.2, 0.25) is 0 Å². The third kappa shape index (κ3) is 6.16. The van der Waals surface area contributed by atoms with E-state index in [-0.39, 0.29) is 23.1 Å². The first kappa shape index (κ1) is 23.0. The van der Waals surface area contributed by atoms with Gasteiger partial charge in [0.05, 0.1) is 24.5 Å². The smallest absolute Gasteiger partial charge is 0.251 e. The molecule has 0 saturated heterocycles. The number of methoxy groups -OCH3 is 1. The Morgan fingerprint density at radius 2 is 1.66 bits per heavy atom. The first-order valence-corrected chi connectivity index (χ1v) is 11.2. The van der Waals surface area contributed by atoms with E-state index in [1.165, 1.54) is 31.4 Å². The maximum atomic E-state index is 12.7. The van der Waals surface area contributed by atoms with Crippen molar-refractivity contribution in [1.82, 2.24) is 5.32 Å². The zero-order valence-electron chi connectivity index (χ0n) is 17.3. The lowest BCUT2D eigenvalue weighted by Crippen LogP contribution is -2.31. The summed E-state index contributed by atoms with van der Waals surface area (Å²) in [6, 6.07) is 20.7. The highest BCUT2D eigenvalue weighted by molar-refractivity contribution is 7.89. The van der Waals surface area contributed by atoms with Crippen LogP contribution in [0.3, 0.4) is 0 Å². The number of amides is 2. The fraction of sp³-hybridized carbons (Fsp3) is 0.130. The summed E-state index contributed by atoms with van der Waals surface area (Å²) in [6.07, 6.45) is -0.0529. The van der Waals surface area contributed by atoms with Gasteiger partial charge in [0.2, 0.25) is 15.9 Å². The highest BCUT2D eigenvalue weighted by Crippen LogP contribution is 2.23. The molecular formula is C23H23N3O5S. The lowest BCUT2D eigenvalue weighted by molar-refractivity contribution is -0.116. The van der Waals surface area contributed by atoms with Gasteiger partial charge < -0.3 is 15.4 Å². The summed E-state index contributed by atoms with van der Waals surface area (Å²) in [6.45, 7) is 0. The number of sulfonamides is 1. The predicted molar refractivity (Wildman–Crippen MR) is 121 cm³/mol. The second kappa shape index (κ2) is 10.1. The normalized spacial score (nSPS) is 11.9. The van der Waals surface area contributed by atoms with Crippen LogP contribution in [0.1, 0.15) is 28.4 Å². The second-order valence-electron chi connectivity index (χ2n) is 6.99. The Hall–Kier alpha value is -3.69. The van der Waals surface area contributed by atoms with E-state index in [2.05, 4.69) is 10.6 Å². The van der Waals surface area contributed by atoms with Crippen molar-refractivity contribution < 1.29 is 22.7 Å². The van der Waals surface area contributed by atoms with Gasteiger partial charge in [-0.15, -0.1) is 0 Å². The van der Waals surface area contributed by atoms with E-state index in [4.69, 9.17) is 9.88 Å². The van der Waals surface area contributed by atoms with Gasteiger partial charge in [-0.1, -0.05) is 30.3 Å². The Morgan fingerprint density at radius 1 is 0.969 bits per heavy atom. The molecule has 1 unspecified atom stereocenters. The molecule has 2 amide bonds. The molecule has 3 rings (SSSR count). The Bertz CT molecular complexity index is 1200. The lowest BCUT2D eigenvalue weighted by atomic mass is 10.0. The van der Waals surface area contributed by atoms with Crippen molar-refractivity contribution in [1.29, 1.82) is 0 Å². The molecule has 9 heteroatoms. The van der Waals surface area contributed by atoms with E-state index in [0.717, 1.165) is 0 Å². The van der Waals surface area contributed by atoms with Crippen LogP contribution in [0.15, 0.2) is 83.8 Å². The molecule has 32 heavy (non-hydrogen) atoms. The number of nitrogens with two attached hydrogens (primary N) is 1. The van der Waals surface area contributed by atoms with Crippen molar-refractivity contribution in [3.05, 3.63) is 90.0 Å². The van der Waals surface area contributed by atoms with Crippen LogP contribution in [0.5, 0.6) is 5.75 Å². The number of ether oxygens (including phenoxy) is 1. The molecule has 0 saturated carbocycles. The Kier molecular flexibility index (Phi) is 7.24. The van der Waals surface area contributed by atoms with Crippen molar-refractivity contribution >= 4 is 27.5 Å². The van der Waals surface area contributed by atoms with E-state index in [1.54, 1.807) is 48.5 Å². The lowest BCUT2D eigenvalue weighted by Gasteiger charge is -2.20. The maximum Gasteiger partial charge on any atom is 0.251 e. The second-order valence-corrected chi connectivity index (χ2v) is 8.55. The molecule has 3 aromatic carbocycles. The molecule has 0 bridgehead atoms. The van der Waals surface area contributed by atoms with Gasteiger partial charge in [0.25, 0.3) is 5.91 Å². The van der Waals surface area contributed by atoms with Crippen molar-refractivity contribution in [3.8, 4) is 5.75 Å². The predicted octanol–water partition coefficient (Wildman–Crippen LogP) is 2.84. The molecule has 3 aromatic rings. The molecule has 166 valence electrons. The summed E-state index contributed by atoms with van der Waals surface area (Å²) >= 11 is 0. The van der Waals surface area contributed by atoms with Gasteiger partial charge in [-0.2, -0.15) is 0 Å². The number of nitrogens with one attached hydrogen (secondary N) is 2. The molecule has 0 radical (unpaired) electrons. The molecule has 8 nitrogen and oxygen atoms in total. The number of hydrogen-bond donors (Lipinski definition) is 3. The highest BCUT2D eigenvalue weighted by Gasteiger charge is 2.20. The van der Waals surface area contributed by atoms with Crippen molar-refractivity contribution in [2.45, 2.75) is 17.4 Å². The van der Waals surface area contributed by atoms with E-state index in [9.17, 15) is 18.0 Å². The molecule has 4 N–H and O–H groups in total. The quantitative estimate of drug-likeness (QED) is 0.483. The first-order valence-electron chi connectivity index (χ1n) is 9.69. The van der Waals surface area contributed by atoms with Gasteiger partial charge in [0.15, 0.2) is 0 Å². The van der Waals surface area contributed by atoms with Gasteiger partial charge in [0.1, 0.15) is 5.75 Å². The van der Waals surface area contributed by atoms with Crippen molar-refractivity contribution in [3.63, 3.8) is 0 Å². The van der Waals surface area contributed by atoms with Crippen LogP contribution in [-0.2, 0) is 14.8 Å². The minimum Gasteiger partial charge on any atom is -0.497 e.